The summed E-state index contributed by atoms with van der Waals surface area (Å²) in [5, 5.41) is 4.90. The first-order chi connectivity index (χ1) is 36.2. The van der Waals surface area contributed by atoms with Gasteiger partial charge in [-0.25, -0.2) is 0 Å². The highest BCUT2D eigenvalue weighted by atomic mass is 16.3. The van der Waals surface area contributed by atoms with Crippen molar-refractivity contribution in [2.24, 2.45) is 0 Å². The topological polar surface area (TPSA) is 16.4 Å². The molecule has 0 N–H and O–H groups in total. The van der Waals surface area contributed by atoms with Gasteiger partial charge >= 0.3 is 0 Å². The minimum Gasteiger partial charge on any atom is -0.456 e. The van der Waals surface area contributed by atoms with Crippen molar-refractivity contribution in [2.75, 3.05) is 4.90 Å². The van der Waals surface area contributed by atoms with Gasteiger partial charge in [0.15, 0.2) is 0 Å². The van der Waals surface area contributed by atoms with Crippen molar-refractivity contribution < 1.29 is 4.42 Å². The summed E-state index contributed by atoms with van der Waals surface area (Å²) in [6.07, 6.45) is 6.37. The first-order valence-corrected chi connectivity index (χ1v) is 26.1. The van der Waals surface area contributed by atoms with Gasteiger partial charge in [0, 0.05) is 27.5 Å². The largest absolute Gasteiger partial charge is 0.456 e. The van der Waals surface area contributed by atoms with E-state index < -0.39 is 5.41 Å². The van der Waals surface area contributed by atoms with Crippen LogP contribution < -0.4 is 4.90 Å². The Morgan fingerprint density at radius 2 is 0.877 bits per heavy atom. The molecule has 1 heterocycles. The molecule has 73 heavy (non-hydrogen) atoms. The van der Waals surface area contributed by atoms with Gasteiger partial charge in [-0.2, -0.15) is 0 Å². The van der Waals surface area contributed by atoms with Gasteiger partial charge in [-0.1, -0.05) is 232 Å². The lowest BCUT2D eigenvalue weighted by molar-refractivity contribution is 0.445. The maximum Gasteiger partial charge on any atom is 0.135 e. The lowest BCUT2D eigenvalue weighted by Gasteiger charge is -2.34. The summed E-state index contributed by atoms with van der Waals surface area (Å²) in [5.41, 5.74) is 20.8. The summed E-state index contributed by atoms with van der Waals surface area (Å²) >= 11 is 0. The number of fused-ring (bicyclic) bond motifs is 7. The summed E-state index contributed by atoms with van der Waals surface area (Å²) in [5.74, 6) is 0.544. The Hall–Kier alpha value is -8.72. The molecule has 2 aliphatic carbocycles. The molecule has 2 heteroatoms. The first kappa shape index (κ1) is 43.1. The molecule has 2 aliphatic rings. The Labute approximate surface area is 427 Å². The monoisotopic (exact) mass is 935 g/mol. The smallest absolute Gasteiger partial charge is 0.135 e. The number of hydrogen-bond donors (Lipinski definition) is 0. The van der Waals surface area contributed by atoms with Gasteiger partial charge < -0.3 is 9.32 Å². The second-order valence-electron chi connectivity index (χ2n) is 20.1. The molecule has 1 fully saturated rings. The van der Waals surface area contributed by atoms with Crippen LogP contribution in [0.4, 0.5) is 17.1 Å². The maximum atomic E-state index is 6.39. The SMILES string of the molecule is c1ccc(C2(c3ccccc3)c3ccccc3-c3ccc(-c4ccccc4N(c4ccccc4-c4ccc5oc6ccccc6c5c4)c4ccccc4-c4cccc5cccc(C6CCCCC6)c45)cc32)cc1. The minimum atomic E-state index is -0.529. The highest BCUT2D eigenvalue weighted by Crippen LogP contribution is 2.58. The van der Waals surface area contributed by atoms with E-state index in [4.69, 9.17) is 4.42 Å². The molecule has 14 rings (SSSR count). The predicted molar refractivity (Wildman–Crippen MR) is 305 cm³/mol. The number of benzene rings is 11. The molecule has 0 unspecified atom stereocenters. The molecule has 0 bridgehead atoms. The van der Waals surface area contributed by atoms with Crippen molar-refractivity contribution in [1.29, 1.82) is 0 Å². The fraction of sp³-hybridized carbons (Fsp3) is 0.0986. The molecule has 0 radical (unpaired) electrons. The van der Waals surface area contributed by atoms with E-state index in [-0.39, 0.29) is 0 Å². The Bertz CT molecular complexity index is 3980. The van der Waals surface area contributed by atoms with Gasteiger partial charge in [-0.3, -0.25) is 0 Å². The third-order valence-electron chi connectivity index (χ3n) is 16.2. The lowest BCUT2D eigenvalue weighted by atomic mass is 9.67. The van der Waals surface area contributed by atoms with Gasteiger partial charge in [0.05, 0.1) is 22.5 Å². The predicted octanol–water partition coefficient (Wildman–Crippen LogP) is 19.6. The van der Waals surface area contributed by atoms with Crippen molar-refractivity contribution in [3.8, 4) is 44.5 Å². The fourth-order valence-electron chi connectivity index (χ4n) is 13.0. The highest BCUT2D eigenvalue weighted by Gasteiger charge is 2.46. The number of hydrogen-bond acceptors (Lipinski definition) is 2. The van der Waals surface area contributed by atoms with Crippen LogP contribution in [-0.4, -0.2) is 0 Å². The van der Waals surface area contributed by atoms with Gasteiger partial charge in [0.2, 0.25) is 0 Å². The average molecular weight is 936 g/mol. The lowest BCUT2D eigenvalue weighted by Crippen LogP contribution is -2.28. The van der Waals surface area contributed by atoms with Crippen LogP contribution in [0.5, 0.6) is 0 Å². The third-order valence-corrected chi connectivity index (χ3v) is 16.2. The van der Waals surface area contributed by atoms with Crippen LogP contribution in [0, 0.1) is 0 Å². The normalized spacial score (nSPS) is 14.1. The quantitative estimate of drug-likeness (QED) is 0.143. The van der Waals surface area contributed by atoms with E-state index in [0.717, 1.165) is 61.3 Å². The third kappa shape index (κ3) is 7.00. The number of furan rings is 1. The highest BCUT2D eigenvalue weighted by molar-refractivity contribution is 6.08. The molecule has 0 atom stereocenters. The van der Waals surface area contributed by atoms with E-state index in [2.05, 4.69) is 254 Å². The van der Waals surface area contributed by atoms with E-state index in [1.807, 2.05) is 6.07 Å². The molecule has 1 saturated carbocycles. The van der Waals surface area contributed by atoms with Gasteiger partial charge in [-0.15, -0.1) is 0 Å². The van der Waals surface area contributed by atoms with Crippen LogP contribution in [0.25, 0.3) is 77.2 Å². The Morgan fingerprint density at radius 1 is 0.356 bits per heavy atom. The fourth-order valence-corrected chi connectivity index (χ4v) is 13.0. The molecule has 0 spiro atoms. The van der Waals surface area contributed by atoms with Gasteiger partial charge in [0.25, 0.3) is 0 Å². The van der Waals surface area contributed by atoms with Crippen molar-refractivity contribution in [1.82, 2.24) is 0 Å². The van der Waals surface area contributed by atoms with Crippen LogP contribution >= 0.6 is 0 Å². The Balaban J connectivity index is 1.03. The molecular formula is C71H53NO. The first-order valence-electron chi connectivity index (χ1n) is 26.1. The Morgan fingerprint density at radius 3 is 1.59 bits per heavy atom. The minimum absolute atomic E-state index is 0.529. The maximum absolute atomic E-state index is 6.39. The van der Waals surface area contributed by atoms with E-state index in [9.17, 15) is 0 Å². The molecule has 348 valence electrons. The van der Waals surface area contributed by atoms with E-state index in [0.29, 0.717) is 5.92 Å². The van der Waals surface area contributed by atoms with Crippen LogP contribution in [0.1, 0.15) is 65.8 Å². The van der Waals surface area contributed by atoms with E-state index >= 15 is 0 Å². The zero-order valence-electron chi connectivity index (χ0n) is 40.7. The van der Waals surface area contributed by atoms with Crippen LogP contribution in [0.3, 0.4) is 0 Å². The van der Waals surface area contributed by atoms with Crippen LogP contribution in [0.15, 0.2) is 259 Å². The van der Waals surface area contributed by atoms with Crippen molar-refractivity contribution in [3.63, 3.8) is 0 Å². The summed E-state index contributed by atoms with van der Waals surface area (Å²) in [6, 6.07) is 94.7. The van der Waals surface area contributed by atoms with Crippen molar-refractivity contribution in [3.05, 3.63) is 283 Å². The summed E-state index contributed by atoms with van der Waals surface area (Å²) in [4.78, 5) is 2.56. The zero-order valence-corrected chi connectivity index (χ0v) is 40.7. The summed E-state index contributed by atoms with van der Waals surface area (Å²) < 4.78 is 6.39. The number of anilines is 3. The number of rotatable bonds is 9. The number of para-hydroxylation sites is 4. The van der Waals surface area contributed by atoms with Crippen LogP contribution in [-0.2, 0) is 5.41 Å². The Kier molecular flexibility index (Phi) is 10.5. The molecule has 1 aromatic heterocycles. The van der Waals surface area contributed by atoms with Gasteiger partial charge in [0.1, 0.15) is 11.2 Å². The van der Waals surface area contributed by atoms with Crippen LogP contribution in [0.2, 0.25) is 0 Å². The second kappa shape index (κ2) is 17.8. The molecule has 2 nitrogen and oxygen atoms in total. The van der Waals surface area contributed by atoms with E-state index in [1.165, 1.54) is 92.9 Å². The second-order valence-corrected chi connectivity index (χ2v) is 20.1. The molecular weight excluding hydrogens is 883 g/mol. The zero-order chi connectivity index (χ0) is 48.3. The van der Waals surface area contributed by atoms with E-state index in [1.54, 1.807) is 0 Å². The standard InChI is InChI=1S/C71H53NO/c1-4-22-48(23-5-1)56-35-20-24-49-25-21-36-61(70(49)56)59-33-13-18-40-67(59)72(65-38-16-11-30-54(65)50-43-45-69-62(46-50)60-34-14-19-41-68(60)73-69)66-39-17-12-31-55(66)51-42-44-58-57-32-10-15-37-63(57)71(64(58)47-51,52-26-6-2-7-27-52)53-28-8-3-9-29-53/h2-3,6-21,24-48H,1,4-5,22-23H2. The molecule has 11 aromatic carbocycles. The summed E-state index contributed by atoms with van der Waals surface area (Å²) in [7, 11) is 0. The van der Waals surface area contributed by atoms with Crippen molar-refractivity contribution in [2.45, 2.75) is 43.4 Å². The average Bonchev–Trinajstić information content (AvgIpc) is 3.99. The molecule has 0 amide bonds. The van der Waals surface area contributed by atoms with Gasteiger partial charge in [-0.05, 0) is 128 Å². The molecule has 0 saturated heterocycles. The summed E-state index contributed by atoms with van der Waals surface area (Å²) in [6.45, 7) is 0. The van der Waals surface area contributed by atoms with Crippen molar-refractivity contribution >= 4 is 49.8 Å². The molecule has 0 aliphatic heterocycles. The number of nitrogens with zero attached hydrogens (tertiary/aromatic N) is 1. The molecule has 12 aromatic rings.